The number of rotatable bonds is 7. The molecule has 2 heterocycles. The third kappa shape index (κ3) is 5.15. The summed E-state index contributed by atoms with van der Waals surface area (Å²) in [6, 6.07) is 0. The lowest BCUT2D eigenvalue weighted by Gasteiger charge is -2.37. The second-order valence-corrected chi connectivity index (χ2v) is 8.83. The van der Waals surface area contributed by atoms with Crippen LogP contribution in [-0.4, -0.2) is 69.4 Å². The van der Waals surface area contributed by atoms with Gasteiger partial charge in [-0.1, -0.05) is 6.92 Å². The molecule has 0 unspecified atom stereocenters. The Balaban J connectivity index is 1.78. The van der Waals surface area contributed by atoms with Crippen LogP contribution in [-0.2, 0) is 19.7 Å². The molecule has 2 rings (SSSR count). The SMILES string of the molecule is COCCCNC(=O)C1CCN(S(=O)(=O)N2CCC(C)CC2)CC1. The third-order valence-corrected chi connectivity index (χ3v) is 7.08. The van der Waals surface area contributed by atoms with Crippen molar-refractivity contribution in [3.05, 3.63) is 0 Å². The fourth-order valence-corrected chi connectivity index (χ4v) is 4.97. The van der Waals surface area contributed by atoms with Crippen molar-refractivity contribution in [1.82, 2.24) is 13.9 Å². The first-order chi connectivity index (χ1) is 11.4. The molecule has 2 saturated heterocycles. The zero-order valence-corrected chi connectivity index (χ0v) is 15.7. The Morgan fingerprint density at radius 2 is 1.62 bits per heavy atom. The van der Waals surface area contributed by atoms with E-state index in [-0.39, 0.29) is 11.8 Å². The monoisotopic (exact) mass is 361 g/mol. The molecule has 2 aliphatic heterocycles. The average molecular weight is 362 g/mol. The zero-order valence-electron chi connectivity index (χ0n) is 14.9. The average Bonchev–Trinajstić information content (AvgIpc) is 2.59. The van der Waals surface area contributed by atoms with Gasteiger partial charge in [0.1, 0.15) is 0 Å². The lowest BCUT2D eigenvalue weighted by atomic mass is 9.97. The number of carbonyl (C=O) groups excluding carboxylic acids is 1. The van der Waals surface area contributed by atoms with E-state index in [1.54, 1.807) is 15.7 Å². The molecular formula is C16H31N3O4S. The topological polar surface area (TPSA) is 79.0 Å². The Bertz CT molecular complexity index is 495. The van der Waals surface area contributed by atoms with Crippen LogP contribution in [0.4, 0.5) is 0 Å². The highest BCUT2D eigenvalue weighted by atomic mass is 32.2. The van der Waals surface area contributed by atoms with Crippen molar-refractivity contribution in [2.45, 2.75) is 39.0 Å². The molecule has 0 saturated carbocycles. The van der Waals surface area contributed by atoms with Gasteiger partial charge < -0.3 is 10.1 Å². The highest BCUT2D eigenvalue weighted by Crippen LogP contribution is 2.25. The van der Waals surface area contributed by atoms with Gasteiger partial charge in [-0.15, -0.1) is 0 Å². The van der Waals surface area contributed by atoms with Gasteiger partial charge >= 0.3 is 0 Å². The second-order valence-electron chi connectivity index (χ2n) is 6.90. The zero-order chi connectivity index (χ0) is 17.6. The number of carbonyl (C=O) groups is 1. The minimum atomic E-state index is -3.36. The standard InChI is InChI=1S/C16H31N3O4S/c1-14-4-9-18(10-5-14)24(21,22)19-11-6-15(7-12-19)16(20)17-8-3-13-23-2/h14-15H,3-13H2,1-2H3,(H,17,20). The number of methoxy groups -OCH3 is 1. The van der Waals surface area contributed by atoms with E-state index < -0.39 is 10.2 Å². The van der Waals surface area contributed by atoms with Crippen LogP contribution in [0.1, 0.15) is 39.0 Å². The fraction of sp³-hybridized carbons (Fsp3) is 0.938. The van der Waals surface area contributed by atoms with Crippen molar-refractivity contribution in [3.63, 3.8) is 0 Å². The largest absolute Gasteiger partial charge is 0.385 e. The lowest BCUT2D eigenvalue weighted by Crippen LogP contribution is -2.50. The number of hydrogen-bond acceptors (Lipinski definition) is 4. The Hall–Kier alpha value is -0.700. The van der Waals surface area contributed by atoms with Crippen LogP contribution in [0, 0.1) is 11.8 Å². The van der Waals surface area contributed by atoms with Gasteiger partial charge in [0.15, 0.2) is 0 Å². The molecule has 0 atom stereocenters. The molecule has 140 valence electrons. The number of amides is 1. The minimum absolute atomic E-state index is 0.0370. The summed E-state index contributed by atoms with van der Waals surface area (Å²) >= 11 is 0. The normalized spacial score (nSPS) is 22.6. The summed E-state index contributed by atoms with van der Waals surface area (Å²) in [6.45, 7) is 5.51. The Morgan fingerprint density at radius 1 is 1.08 bits per heavy atom. The van der Waals surface area contributed by atoms with Crippen molar-refractivity contribution in [2.75, 3.05) is 46.4 Å². The molecular weight excluding hydrogens is 330 g/mol. The molecule has 0 aromatic rings. The second kappa shape index (κ2) is 9.12. The van der Waals surface area contributed by atoms with Gasteiger partial charge in [-0.3, -0.25) is 4.79 Å². The summed E-state index contributed by atoms with van der Waals surface area (Å²) in [5.41, 5.74) is 0. The van der Waals surface area contributed by atoms with E-state index in [9.17, 15) is 13.2 Å². The summed E-state index contributed by atoms with van der Waals surface area (Å²) in [6.07, 6.45) is 3.85. The van der Waals surface area contributed by atoms with Crippen LogP contribution in [0.2, 0.25) is 0 Å². The molecule has 2 aliphatic rings. The van der Waals surface area contributed by atoms with E-state index in [2.05, 4.69) is 12.2 Å². The first-order valence-electron chi connectivity index (χ1n) is 8.97. The number of nitrogens with one attached hydrogen (secondary N) is 1. The number of nitrogens with zero attached hydrogens (tertiary/aromatic N) is 2. The maximum atomic E-state index is 12.7. The van der Waals surface area contributed by atoms with Gasteiger partial charge in [-0.2, -0.15) is 17.0 Å². The number of hydrogen-bond donors (Lipinski definition) is 1. The lowest BCUT2D eigenvalue weighted by molar-refractivity contribution is -0.126. The van der Waals surface area contributed by atoms with E-state index in [1.165, 1.54) is 0 Å². The highest BCUT2D eigenvalue weighted by Gasteiger charge is 2.35. The number of ether oxygens (including phenoxy) is 1. The van der Waals surface area contributed by atoms with Crippen molar-refractivity contribution < 1.29 is 17.9 Å². The highest BCUT2D eigenvalue weighted by molar-refractivity contribution is 7.86. The molecule has 7 nitrogen and oxygen atoms in total. The van der Waals surface area contributed by atoms with Crippen LogP contribution in [0.25, 0.3) is 0 Å². The predicted molar refractivity (Wildman–Crippen MR) is 92.7 cm³/mol. The maximum absolute atomic E-state index is 12.7. The molecule has 0 aliphatic carbocycles. The quantitative estimate of drug-likeness (QED) is 0.681. The van der Waals surface area contributed by atoms with Crippen LogP contribution in [0.15, 0.2) is 0 Å². The van der Waals surface area contributed by atoms with Crippen molar-refractivity contribution in [3.8, 4) is 0 Å². The van der Waals surface area contributed by atoms with Crippen molar-refractivity contribution in [1.29, 1.82) is 0 Å². The summed E-state index contributed by atoms with van der Waals surface area (Å²) in [7, 11) is -1.72. The molecule has 2 fully saturated rings. The molecule has 0 radical (unpaired) electrons. The summed E-state index contributed by atoms with van der Waals surface area (Å²) < 4.78 is 33.5. The van der Waals surface area contributed by atoms with Gasteiger partial charge in [-0.25, -0.2) is 0 Å². The summed E-state index contributed by atoms with van der Waals surface area (Å²) in [5, 5.41) is 2.91. The van der Waals surface area contributed by atoms with E-state index in [0.717, 1.165) is 19.3 Å². The molecule has 0 bridgehead atoms. The molecule has 1 N–H and O–H groups in total. The predicted octanol–water partition coefficient (Wildman–Crippen LogP) is 0.828. The smallest absolute Gasteiger partial charge is 0.281 e. The van der Waals surface area contributed by atoms with Gasteiger partial charge in [0, 0.05) is 52.4 Å². The molecule has 0 spiro atoms. The summed E-state index contributed by atoms with van der Waals surface area (Å²) in [4.78, 5) is 12.1. The first-order valence-corrected chi connectivity index (χ1v) is 10.4. The minimum Gasteiger partial charge on any atom is -0.385 e. The van der Waals surface area contributed by atoms with E-state index >= 15 is 0 Å². The van der Waals surface area contributed by atoms with Crippen LogP contribution in [0.3, 0.4) is 0 Å². The van der Waals surface area contributed by atoms with Crippen LogP contribution >= 0.6 is 0 Å². The van der Waals surface area contributed by atoms with Gasteiger partial charge in [-0.05, 0) is 38.0 Å². The number of piperidine rings is 2. The van der Waals surface area contributed by atoms with E-state index in [0.29, 0.717) is 58.1 Å². The Kier molecular flexibility index (Phi) is 7.46. The Labute approximate surface area is 145 Å². The van der Waals surface area contributed by atoms with Crippen LogP contribution < -0.4 is 5.32 Å². The first kappa shape index (κ1) is 19.6. The van der Waals surface area contributed by atoms with Gasteiger partial charge in [0.25, 0.3) is 10.2 Å². The summed E-state index contributed by atoms with van der Waals surface area (Å²) in [5.74, 6) is 0.555. The molecule has 8 heteroatoms. The van der Waals surface area contributed by atoms with Gasteiger partial charge in [0.2, 0.25) is 5.91 Å². The third-order valence-electron chi connectivity index (χ3n) is 5.04. The molecule has 0 aromatic heterocycles. The molecule has 24 heavy (non-hydrogen) atoms. The van der Waals surface area contributed by atoms with Gasteiger partial charge in [0.05, 0.1) is 0 Å². The van der Waals surface area contributed by atoms with Crippen molar-refractivity contribution >= 4 is 16.1 Å². The maximum Gasteiger partial charge on any atom is 0.281 e. The molecule has 1 amide bonds. The van der Waals surface area contributed by atoms with Crippen LogP contribution in [0.5, 0.6) is 0 Å². The van der Waals surface area contributed by atoms with E-state index in [4.69, 9.17) is 4.74 Å². The van der Waals surface area contributed by atoms with E-state index in [1.807, 2.05) is 0 Å². The Morgan fingerprint density at radius 3 is 2.17 bits per heavy atom. The molecule has 0 aromatic carbocycles. The fourth-order valence-electron chi connectivity index (χ4n) is 3.30. The van der Waals surface area contributed by atoms with Crippen molar-refractivity contribution in [2.24, 2.45) is 11.8 Å².